The maximum Gasteiger partial charge on any atom is 0.274 e. The number of benzene rings is 2. The van der Waals surface area contributed by atoms with Crippen LogP contribution in [0.25, 0.3) is 33.5 Å². The molecule has 3 aromatic heterocycles. The zero-order valence-electron chi connectivity index (χ0n) is 25.7. The fourth-order valence-electron chi connectivity index (χ4n) is 6.23. The number of aromatic amines is 2. The zero-order chi connectivity index (χ0) is 31.9. The van der Waals surface area contributed by atoms with Crippen LogP contribution in [-0.4, -0.2) is 90.1 Å². The molecule has 0 atom stereocenters. The molecule has 0 saturated carbocycles. The summed E-state index contributed by atoms with van der Waals surface area (Å²) in [7, 11) is 1.90. The van der Waals surface area contributed by atoms with Crippen molar-refractivity contribution in [3.63, 3.8) is 0 Å². The third-order valence-corrected chi connectivity index (χ3v) is 8.90. The Bertz CT molecular complexity index is 1950. The number of rotatable bonds is 8. The smallest absolute Gasteiger partial charge is 0.274 e. The normalized spacial score (nSPS) is 14.7. The summed E-state index contributed by atoms with van der Waals surface area (Å²) in [5.74, 6) is 0.210. The lowest BCUT2D eigenvalue weighted by Gasteiger charge is -2.26. The minimum Gasteiger partial charge on any atom is -0.505 e. The van der Waals surface area contributed by atoms with Gasteiger partial charge in [0.2, 0.25) is 5.91 Å². The highest BCUT2D eigenvalue weighted by Crippen LogP contribution is 2.34. The second kappa shape index (κ2) is 11.9. The Morgan fingerprint density at radius 3 is 2.76 bits per heavy atom. The Morgan fingerprint density at radius 1 is 1.13 bits per heavy atom. The fourth-order valence-corrected chi connectivity index (χ4v) is 6.23. The molecule has 0 radical (unpaired) electrons. The highest BCUT2D eigenvalue weighted by molar-refractivity contribution is 5.94. The molecule has 0 unspecified atom stereocenters. The molecule has 0 bridgehead atoms. The number of hydrogen-bond acceptors (Lipinski definition) is 8. The van der Waals surface area contributed by atoms with Crippen molar-refractivity contribution in [1.29, 1.82) is 0 Å². The number of anilines is 1. The molecular formula is C33H34FN9O3. The average Bonchev–Trinajstić information content (AvgIpc) is 3.81. The van der Waals surface area contributed by atoms with Gasteiger partial charge in [-0.1, -0.05) is 13.0 Å². The van der Waals surface area contributed by atoms with Crippen LogP contribution in [0.5, 0.6) is 5.75 Å². The van der Waals surface area contributed by atoms with Crippen molar-refractivity contribution in [1.82, 2.24) is 39.9 Å². The van der Waals surface area contributed by atoms with Crippen LogP contribution in [0.3, 0.4) is 0 Å². The number of hydrogen-bond donors (Lipinski definition) is 3. The summed E-state index contributed by atoms with van der Waals surface area (Å²) in [6, 6.07) is 8.58. The summed E-state index contributed by atoms with van der Waals surface area (Å²) in [4.78, 5) is 47.8. The van der Waals surface area contributed by atoms with Gasteiger partial charge in [-0.3, -0.25) is 14.7 Å². The predicted molar refractivity (Wildman–Crippen MR) is 170 cm³/mol. The van der Waals surface area contributed by atoms with Crippen LogP contribution in [0.15, 0.2) is 42.7 Å². The zero-order valence-corrected chi connectivity index (χ0v) is 25.7. The number of H-pyrrole nitrogens is 2. The van der Waals surface area contributed by atoms with E-state index in [-0.39, 0.29) is 23.3 Å². The van der Waals surface area contributed by atoms with Crippen LogP contribution in [0.1, 0.15) is 47.2 Å². The highest BCUT2D eigenvalue weighted by Gasteiger charge is 2.27. The number of likely N-dealkylation sites (tertiary alicyclic amines) is 1. The van der Waals surface area contributed by atoms with Gasteiger partial charge in [0.25, 0.3) is 5.91 Å². The van der Waals surface area contributed by atoms with Crippen LogP contribution in [-0.2, 0) is 24.2 Å². The van der Waals surface area contributed by atoms with Gasteiger partial charge in [0.15, 0.2) is 17.4 Å². The van der Waals surface area contributed by atoms with Gasteiger partial charge < -0.3 is 24.8 Å². The van der Waals surface area contributed by atoms with E-state index in [1.807, 2.05) is 42.0 Å². The van der Waals surface area contributed by atoms with E-state index >= 15 is 0 Å². The van der Waals surface area contributed by atoms with E-state index in [1.165, 1.54) is 18.3 Å². The Labute approximate surface area is 264 Å². The number of carbonyl (C=O) groups excluding carboxylic acids is 2. The molecule has 2 aliphatic rings. The summed E-state index contributed by atoms with van der Waals surface area (Å²) in [6.45, 7) is 4.88. The van der Waals surface area contributed by atoms with Crippen molar-refractivity contribution in [2.75, 3.05) is 38.1 Å². The number of aromatic nitrogens is 6. The van der Waals surface area contributed by atoms with Crippen LogP contribution in [0.4, 0.5) is 10.2 Å². The molecule has 1 fully saturated rings. The number of phenols is 1. The van der Waals surface area contributed by atoms with E-state index in [9.17, 15) is 19.1 Å². The topological polar surface area (TPSA) is 147 Å². The van der Waals surface area contributed by atoms with Gasteiger partial charge in [-0.2, -0.15) is 5.10 Å². The number of amides is 2. The first-order valence-electron chi connectivity index (χ1n) is 15.5. The third-order valence-electron chi connectivity index (χ3n) is 8.90. The van der Waals surface area contributed by atoms with Gasteiger partial charge in [0.1, 0.15) is 17.2 Å². The van der Waals surface area contributed by atoms with Gasteiger partial charge in [-0.05, 0) is 53.8 Å². The molecule has 2 amide bonds. The number of fused-ring (bicyclic) bond motifs is 2. The van der Waals surface area contributed by atoms with Gasteiger partial charge >= 0.3 is 0 Å². The molecule has 5 heterocycles. The number of imidazole rings is 1. The molecule has 3 N–H and O–H groups in total. The largest absolute Gasteiger partial charge is 0.505 e. The molecular weight excluding hydrogens is 589 g/mol. The Kier molecular flexibility index (Phi) is 7.59. The molecule has 0 spiro atoms. The molecule has 7 rings (SSSR count). The molecule has 0 aliphatic carbocycles. The first-order valence-corrected chi connectivity index (χ1v) is 15.5. The van der Waals surface area contributed by atoms with Gasteiger partial charge in [0, 0.05) is 51.5 Å². The van der Waals surface area contributed by atoms with E-state index in [1.54, 1.807) is 11.1 Å². The molecule has 13 heteroatoms. The Morgan fingerprint density at radius 2 is 2.00 bits per heavy atom. The van der Waals surface area contributed by atoms with Crippen LogP contribution in [0.2, 0.25) is 0 Å². The minimum absolute atomic E-state index is 0.192. The fraction of sp³-hybridized carbons (Fsp3) is 0.333. The predicted octanol–water partition coefficient (Wildman–Crippen LogP) is 4.07. The summed E-state index contributed by atoms with van der Waals surface area (Å²) in [6.07, 6.45) is 5.85. The summed E-state index contributed by atoms with van der Waals surface area (Å²) < 4.78 is 14.2. The number of carbonyl (C=O) groups is 2. The number of halogens is 1. The second-order valence-corrected chi connectivity index (χ2v) is 11.8. The van der Waals surface area contributed by atoms with Crippen molar-refractivity contribution in [3.05, 3.63) is 71.2 Å². The van der Waals surface area contributed by atoms with Gasteiger partial charge in [0.05, 0.1) is 35.8 Å². The maximum atomic E-state index is 14.2. The number of aromatic hydroxyl groups is 1. The van der Waals surface area contributed by atoms with E-state index in [0.717, 1.165) is 51.9 Å². The van der Waals surface area contributed by atoms with Crippen LogP contribution < -0.4 is 4.90 Å². The van der Waals surface area contributed by atoms with Gasteiger partial charge in [-0.15, -0.1) is 0 Å². The van der Waals surface area contributed by atoms with E-state index in [0.29, 0.717) is 62.8 Å². The third kappa shape index (κ3) is 5.41. The Hall–Kier alpha value is -5.33. The van der Waals surface area contributed by atoms with E-state index < -0.39 is 5.82 Å². The number of nitrogens with one attached hydrogen (secondary N) is 2. The lowest BCUT2D eigenvalue weighted by Crippen LogP contribution is -2.37. The molecule has 2 aromatic carbocycles. The standard InChI is InChI=1S/C33H34FN9O3/c1-3-19-14-28(44)23(34)15-22(19)20-6-7-21-25(13-20)39-40-31(21)32-37-24-8-10-43(18-27(24)38-32)33(46)26-16-36-29(17-35-26)41(2)11-12-42-9-4-5-30(42)45/h6-7,13-17,44H,3-5,8-12,18H2,1-2H3,(H,37,38)(H,39,40). The molecule has 236 valence electrons. The van der Waals surface area contributed by atoms with Crippen molar-refractivity contribution in [3.8, 4) is 28.4 Å². The molecule has 2 aliphatic heterocycles. The number of phenolic OH excluding ortho intramolecular Hbond substituents is 1. The van der Waals surface area contributed by atoms with Crippen molar-refractivity contribution >= 4 is 28.5 Å². The lowest BCUT2D eigenvalue weighted by atomic mass is 9.96. The summed E-state index contributed by atoms with van der Waals surface area (Å²) in [5.41, 5.74) is 5.80. The number of aryl methyl sites for hydroxylation is 1. The summed E-state index contributed by atoms with van der Waals surface area (Å²) >= 11 is 0. The van der Waals surface area contributed by atoms with E-state index in [2.05, 4.69) is 25.1 Å². The van der Waals surface area contributed by atoms with Crippen LogP contribution in [0, 0.1) is 5.82 Å². The monoisotopic (exact) mass is 623 g/mol. The molecule has 46 heavy (non-hydrogen) atoms. The lowest BCUT2D eigenvalue weighted by molar-refractivity contribution is -0.127. The number of likely N-dealkylation sites (N-methyl/N-ethyl adjacent to an activating group) is 1. The quantitative estimate of drug-likeness (QED) is 0.234. The first kappa shape index (κ1) is 29.4. The molecule has 1 saturated heterocycles. The molecule has 12 nitrogen and oxygen atoms in total. The van der Waals surface area contributed by atoms with Crippen molar-refractivity contribution < 1.29 is 19.1 Å². The maximum absolute atomic E-state index is 14.2. The van der Waals surface area contributed by atoms with Crippen molar-refractivity contribution in [2.45, 2.75) is 39.2 Å². The first-order chi connectivity index (χ1) is 22.3. The van der Waals surface area contributed by atoms with Gasteiger partial charge in [-0.25, -0.2) is 19.3 Å². The summed E-state index contributed by atoms with van der Waals surface area (Å²) in [5, 5.41) is 18.3. The Balaban J connectivity index is 1.04. The number of nitrogens with zero attached hydrogens (tertiary/aromatic N) is 7. The van der Waals surface area contributed by atoms with Crippen molar-refractivity contribution in [2.24, 2.45) is 0 Å². The molecule has 5 aromatic rings. The van der Waals surface area contributed by atoms with E-state index in [4.69, 9.17) is 4.98 Å². The SMILES string of the molecule is CCc1cc(O)c(F)cc1-c1ccc2c(-c3nc4c([nH]3)CN(C(=O)c3cnc(N(C)CCN5CCCC5=O)cn3)CC4)n[nH]c2c1. The average molecular weight is 624 g/mol. The highest BCUT2D eigenvalue weighted by atomic mass is 19.1. The second-order valence-electron chi connectivity index (χ2n) is 11.8. The minimum atomic E-state index is -0.661. The van der Waals surface area contributed by atoms with Crippen LogP contribution >= 0.6 is 0 Å².